The van der Waals surface area contributed by atoms with E-state index in [0.29, 0.717) is 28.7 Å². The largest absolute Gasteiger partial charge is 0.491 e. The maximum atomic E-state index is 12.2. The summed E-state index contributed by atoms with van der Waals surface area (Å²) in [6, 6.07) is 3.63. The van der Waals surface area contributed by atoms with E-state index in [0.717, 1.165) is 25.7 Å². The Labute approximate surface area is 171 Å². The van der Waals surface area contributed by atoms with Crippen LogP contribution in [0.5, 0.6) is 11.5 Å². The molecule has 0 saturated heterocycles. The fourth-order valence-corrected chi connectivity index (χ4v) is 3.56. The van der Waals surface area contributed by atoms with Crippen molar-refractivity contribution in [2.45, 2.75) is 45.1 Å². The lowest BCUT2D eigenvalue weighted by atomic mass is 9.94. The highest BCUT2D eigenvalue weighted by atomic mass is 35.5. The summed E-state index contributed by atoms with van der Waals surface area (Å²) in [4.78, 5) is 25.9. The molecule has 0 spiro atoms. The van der Waals surface area contributed by atoms with Gasteiger partial charge in [-0.1, -0.05) is 30.9 Å². The average molecular weight is 410 g/mol. The summed E-state index contributed by atoms with van der Waals surface area (Å²) in [5.41, 5.74) is 0.664. The molecule has 2 rings (SSSR count). The highest BCUT2D eigenvalue weighted by Crippen LogP contribution is 2.36. The Morgan fingerprint density at radius 3 is 2.61 bits per heavy atom. The zero-order valence-corrected chi connectivity index (χ0v) is 17.5. The zero-order valence-electron chi connectivity index (χ0n) is 16.7. The molecule has 1 saturated carbocycles. The number of amides is 1. The Morgan fingerprint density at radius 2 is 1.96 bits per heavy atom. The van der Waals surface area contributed by atoms with E-state index in [1.807, 2.05) is 6.92 Å². The first-order valence-corrected chi connectivity index (χ1v) is 9.94. The Morgan fingerprint density at radius 1 is 1.25 bits per heavy atom. The summed E-state index contributed by atoms with van der Waals surface area (Å²) in [6.45, 7) is 2.05. The molecule has 0 unspecified atom stereocenters. The summed E-state index contributed by atoms with van der Waals surface area (Å²) >= 11 is 6.19. The monoisotopic (exact) mass is 409 g/mol. The molecule has 154 valence electrons. The molecule has 28 heavy (non-hydrogen) atoms. The second-order valence-electron chi connectivity index (χ2n) is 6.70. The molecule has 6 nitrogen and oxygen atoms in total. The van der Waals surface area contributed by atoms with Crippen LogP contribution < -0.4 is 9.47 Å². The molecule has 0 aromatic heterocycles. The van der Waals surface area contributed by atoms with Gasteiger partial charge in [0.25, 0.3) is 5.91 Å². The molecule has 0 atom stereocenters. The molecule has 0 N–H and O–H groups in total. The van der Waals surface area contributed by atoms with Gasteiger partial charge in [0.05, 0.1) is 18.7 Å². The number of carbonyl (C=O) groups is 2. The standard InChI is InChI=1S/C21H28ClNO5/c1-4-27-18-13-15(12-17(22)21(18)26-3)10-11-20(25)28-14-19(24)23(2)16-8-6-5-7-9-16/h10-13,16H,4-9,14H2,1-3H3/b11-10+. The number of benzene rings is 1. The second-order valence-corrected chi connectivity index (χ2v) is 7.11. The molecule has 7 heteroatoms. The summed E-state index contributed by atoms with van der Waals surface area (Å²) in [6.07, 6.45) is 8.34. The highest BCUT2D eigenvalue weighted by Gasteiger charge is 2.22. The molecule has 0 heterocycles. The van der Waals surface area contributed by atoms with Crippen LogP contribution in [0.1, 0.15) is 44.6 Å². The number of carbonyl (C=O) groups excluding carboxylic acids is 2. The van der Waals surface area contributed by atoms with Crippen molar-refractivity contribution in [1.29, 1.82) is 0 Å². The van der Waals surface area contributed by atoms with Gasteiger partial charge in [-0.3, -0.25) is 4.79 Å². The van der Waals surface area contributed by atoms with Crippen LogP contribution in [0.15, 0.2) is 18.2 Å². The lowest BCUT2D eigenvalue weighted by molar-refractivity contribution is -0.148. The smallest absolute Gasteiger partial charge is 0.331 e. The first kappa shape index (κ1) is 22.1. The molecule has 0 radical (unpaired) electrons. The average Bonchev–Trinajstić information content (AvgIpc) is 2.70. The minimum absolute atomic E-state index is 0.181. The van der Waals surface area contributed by atoms with Crippen molar-refractivity contribution in [2.75, 3.05) is 27.4 Å². The van der Waals surface area contributed by atoms with Gasteiger partial charge in [0.2, 0.25) is 0 Å². The summed E-state index contributed by atoms with van der Waals surface area (Å²) in [5, 5.41) is 0.380. The van der Waals surface area contributed by atoms with Crippen LogP contribution in [-0.2, 0) is 14.3 Å². The van der Waals surface area contributed by atoms with Gasteiger partial charge in [-0.25, -0.2) is 4.79 Å². The molecule has 1 amide bonds. The molecule has 1 aliphatic rings. The summed E-state index contributed by atoms with van der Waals surface area (Å²) in [5.74, 6) is 0.171. The predicted molar refractivity (Wildman–Crippen MR) is 109 cm³/mol. The van der Waals surface area contributed by atoms with Crippen molar-refractivity contribution < 1.29 is 23.8 Å². The van der Waals surface area contributed by atoms with Crippen LogP contribution in [-0.4, -0.2) is 50.2 Å². The van der Waals surface area contributed by atoms with Gasteiger partial charge in [-0.15, -0.1) is 0 Å². The number of hydrogen-bond donors (Lipinski definition) is 0. The SMILES string of the molecule is CCOc1cc(/C=C/C(=O)OCC(=O)N(C)C2CCCCC2)cc(Cl)c1OC. The number of esters is 1. The van der Waals surface area contributed by atoms with E-state index in [4.69, 9.17) is 25.8 Å². The molecule has 1 aromatic rings. The van der Waals surface area contributed by atoms with E-state index in [9.17, 15) is 9.59 Å². The molecule has 1 aromatic carbocycles. The van der Waals surface area contributed by atoms with Gasteiger partial charge in [-0.2, -0.15) is 0 Å². The third kappa shape index (κ3) is 6.16. The molecule has 1 aliphatic carbocycles. The Balaban J connectivity index is 1.91. The maximum absolute atomic E-state index is 12.2. The van der Waals surface area contributed by atoms with Crippen LogP contribution in [0.2, 0.25) is 5.02 Å². The van der Waals surface area contributed by atoms with Crippen molar-refractivity contribution >= 4 is 29.6 Å². The van der Waals surface area contributed by atoms with E-state index in [1.165, 1.54) is 19.6 Å². The molecule has 1 fully saturated rings. The number of hydrogen-bond acceptors (Lipinski definition) is 5. The Hall–Kier alpha value is -2.21. The summed E-state index contributed by atoms with van der Waals surface area (Å²) in [7, 11) is 3.29. The Kier molecular flexibility index (Phi) is 8.64. The normalized spacial score (nSPS) is 14.7. The predicted octanol–water partition coefficient (Wildman–Crippen LogP) is 4.09. The van der Waals surface area contributed by atoms with Crippen molar-refractivity contribution in [3.05, 3.63) is 28.8 Å². The minimum Gasteiger partial charge on any atom is -0.491 e. The quantitative estimate of drug-likeness (QED) is 0.477. The first-order chi connectivity index (χ1) is 13.5. The van der Waals surface area contributed by atoms with Crippen LogP contribution in [0.4, 0.5) is 0 Å². The van der Waals surface area contributed by atoms with E-state index >= 15 is 0 Å². The highest BCUT2D eigenvalue weighted by molar-refractivity contribution is 6.32. The Bertz CT molecular complexity index is 713. The third-order valence-corrected chi connectivity index (χ3v) is 5.08. The number of rotatable bonds is 8. The number of methoxy groups -OCH3 is 1. The van der Waals surface area contributed by atoms with Crippen LogP contribution in [0.3, 0.4) is 0 Å². The van der Waals surface area contributed by atoms with Gasteiger partial charge in [0.15, 0.2) is 18.1 Å². The number of likely N-dealkylation sites (N-methyl/N-ethyl adjacent to an activating group) is 1. The van der Waals surface area contributed by atoms with E-state index < -0.39 is 5.97 Å². The second kappa shape index (κ2) is 11.0. The molecule has 0 aliphatic heterocycles. The number of halogens is 1. The lowest BCUT2D eigenvalue weighted by Crippen LogP contribution is -2.40. The first-order valence-electron chi connectivity index (χ1n) is 9.57. The summed E-state index contributed by atoms with van der Waals surface area (Å²) < 4.78 is 15.8. The van der Waals surface area contributed by atoms with Crippen molar-refractivity contribution in [3.63, 3.8) is 0 Å². The van der Waals surface area contributed by atoms with Gasteiger partial charge in [-0.05, 0) is 43.5 Å². The number of ether oxygens (including phenoxy) is 3. The van der Waals surface area contributed by atoms with Crippen molar-refractivity contribution in [1.82, 2.24) is 4.90 Å². The molecule has 0 bridgehead atoms. The molecular formula is C21H28ClNO5. The van der Waals surface area contributed by atoms with Crippen molar-refractivity contribution in [3.8, 4) is 11.5 Å². The van der Waals surface area contributed by atoms with Crippen LogP contribution in [0.25, 0.3) is 6.08 Å². The molecular weight excluding hydrogens is 382 g/mol. The van der Waals surface area contributed by atoms with Gasteiger partial charge in [0.1, 0.15) is 0 Å². The topological polar surface area (TPSA) is 65.1 Å². The fraction of sp³-hybridized carbons (Fsp3) is 0.524. The van der Waals surface area contributed by atoms with Crippen molar-refractivity contribution in [2.24, 2.45) is 0 Å². The van der Waals surface area contributed by atoms with Gasteiger partial charge >= 0.3 is 5.97 Å². The third-order valence-electron chi connectivity index (χ3n) is 4.80. The zero-order chi connectivity index (χ0) is 20.5. The van der Waals surface area contributed by atoms with E-state index in [1.54, 1.807) is 30.2 Å². The van der Waals surface area contributed by atoms with Crippen LogP contribution in [0, 0.1) is 0 Å². The number of nitrogens with zero attached hydrogens (tertiary/aromatic N) is 1. The van der Waals surface area contributed by atoms with Crippen LogP contribution >= 0.6 is 11.6 Å². The van der Waals surface area contributed by atoms with Gasteiger partial charge < -0.3 is 19.1 Å². The van der Waals surface area contributed by atoms with Gasteiger partial charge in [0, 0.05) is 19.2 Å². The van der Waals surface area contributed by atoms with E-state index in [-0.39, 0.29) is 18.6 Å². The minimum atomic E-state index is -0.588. The fourth-order valence-electron chi connectivity index (χ4n) is 3.26. The van der Waals surface area contributed by atoms with E-state index in [2.05, 4.69) is 0 Å². The lowest BCUT2D eigenvalue weighted by Gasteiger charge is -2.31. The maximum Gasteiger partial charge on any atom is 0.331 e.